The van der Waals surface area contributed by atoms with Crippen LogP contribution in [0.4, 0.5) is 0 Å². The molecule has 20 heavy (non-hydrogen) atoms. The molecule has 2 N–H and O–H groups in total. The molecule has 0 aliphatic carbocycles. The Bertz CT molecular complexity index is 475. The maximum atomic E-state index is 12.1. The van der Waals surface area contributed by atoms with Crippen molar-refractivity contribution in [1.82, 2.24) is 5.32 Å². The van der Waals surface area contributed by atoms with E-state index >= 15 is 0 Å². The molecule has 0 spiro atoms. The molecular formula is C16H21NO3. The van der Waals surface area contributed by atoms with Crippen LogP contribution >= 0.6 is 0 Å². The number of hydrogen-bond acceptors (Lipinski definition) is 3. The summed E-state index contributed by atoms with van der Waals surface area (Å²) in [4.78, 5) is 23.4. The molecule has 1 unspecified atom stereocenters. The zero-order chi connectivity index (χ0) is 14.5. The zero-order valence-electron chi connectivity index (χ0n) is 11.8. The van der Waals surface area contributed by atoms with E-state index in [0.717, 1.165) is 30.5 Å². The molecule has 0 saturated carbocycles. The smallest absolute Gasteiger partial charge is 0.307 e. The molecule has 1 aliphatic heterocycles. The average molecular weight is 275 g/mol. The van der Waals surface area contributed by atoms with Crippen molar-refractivity contribution in [3.63, 3.8) is 0 Å². The summed E-state index contributed by atoms with van der Waals surface area (Å²) in [5.74, 6) is -1.49. The predicted octanol–water partition coefficient (Wildman–Crippen LogP) is 1.95. The summed E-state index contributed by atoms with van der Waals surface area (Å²) < 4.78 is 0. The molecule has 4 nitrogen and oxygen atoms in total. The van der Waals surface area contributed by atoms with Crippen molar-refractivity contribution in [1.29, 1.82) is 0 Å². The number of carbonyl (C=O) groups is 2. The molecule has 1 aliphatic rings. The lowest BCUT2D eigenvalue weighted by Crippen LogP contribution is -2.33. The molecule has 2 atom stereocenters. The Balaban J connectivity index is 1.98. The number of aryl methyl sites for hydroxylation is 1. The second-order valence-corrected chi connectivity index (χ2v) is 5.54. The molecule has 2 rings (SSSR count). The summed E-state index contributed by atoms with van der Waals surface area (Å²) in [6, 6.07) is 7.66. The number of carboxylic acids is 1. The molecule has 108 valence electrons. The minimum absolute atomic E-state index is 0.0296. The maximum Gasteiger partial charge on any atom is 0.307 e. The number of benzene rings is 1. The SMILES string of the molecule is Cc1ccc(CC(CC(=O)[C@@H]2CCCN2)C(=O)O)cc1. The molecule has 0 aromatic heterocycles. The predicted molar refractivity (Wildman–Crippen MR) is 76.7 cm³/mol. The second kappa shape index (κ2) is 6.66. The molecule has 4 heteroatoms. The maximum absolute atomic E-state index is 12.1. The van der Waals surface area contributed by atoms with Gasteiger partial charge in [-0.3, -0.25) is 9.59 Å². The number of ketones is 1. The Labute approximate surface area is 119 Å². The molecule has 1 heterocycles. The first kappa shape index (κ1) is 14.7. The van der Waals surface area contributed by atoms with Gasteiger partial charge in [-0.25, -0.2) is 0 Å². The topological polar surface area (TPSA) is 66.4 Å². The molecule has 1 fully saturated rings. The summed E-state index contributed by atoms with van der Waals surface area (Å²) in [6.07, 6.45) is 2.34. The summed E-state index contributed by atoms with van der Waals surface area (Å²) >= 11 is 0. The molecule has 1 aromatic rings. The number of aliphatic carboxylic acids is 1. The minimum Gasteiger partial charge on any atom is -0.481 e. The Morgan fingerprint density at radius 1 is 1.35 bits per heavy atom. The molecule has 1 aromatic carbocycles. The van der Waals surface area contributed by atoms with Gasteiger partial charge >= 0.3 is 5.97 Å². The van der Waals surface area contributed by atoms with E-state index in [-0.39, 0.29) is 18.2 Å². The van der Waals surface area contributed by atoms with Gasteiger partial charge in [0.15, 0.2) is 5.78 Å². The average Bonchev–Trinajstić information content (AvgIpc) is 2.94. The number of carbonyl (C=O) groups excluding carboxylic acids is 1. The lowest BCUT2D eigenvalue weighted by molar-refractivity contribution is -0.143. The van der Waals surface area contributed by atoms with Gasteiger partial charge in [0, 0.05) is 6.42 Å². The van der Waals surface area contributed by atoms with Crippen LogP contribution in [-0.2, 0) is 16.0 Å². The van der Waals surface area contributed by atoms with Gasteiger partial charge in [0.1, 0.15) is 0 Å². The second-order valence-electron chi connectivity index (χ2n) is 5.54. The number of Topliss-reactive ketones (excluding diaryl/α,β-unsaturated/α-hetero) is 1. The highest BCUT2D eigenvalue weighted by molar-refractivity contribution is 5.88. The standard InChI is InChI=1S/C16H21NO3/c1-11-4-6-12(7-5-11)9-13(16(19)20)10-15(18)14-3-2-8-17-14/h4-7,13-14,17H,2-3,8-10H2,1H3,(H,19,20)/t13?,14-/m0/s1. The third-order valence-corrected chi connectivity index (χ3v) is 3.85. The molecule has 0 bridgehead atoms. The number of carboxylic acid groups (broad SMARTS) is 1. The fourth-order valence-corrected chi connectivity index (χ4v) is 2.60. The first-order valence-corrected chi connectivity index (χ1v) is 7.10. The number of rotatable bonds is 6. The van der Waals surface area contributed by atoms with Crippen LogP contribution in [0.1, 0.15) is 30.4 Å². The zero-order valence-corrected chi connectivity index (χ0v) is 11.8. The van der Waals surface area contributed by atoms with E-state index in [9.17, 15) is 14.7 Å². The van der Waals surface area contributed by atoms with E-state index in [4.69, 9.17) is 0 Å². The first-order chi connectivity index (χ1) is 9.56. The van der Waals surface area contributed by atoms with Gasteiger partial charge in [-0.15, -0.1) is 0 Å². The summed E-state index contributed by atoms with van der Waals surface area (Å²) in [7, 11) is 0. The van der Waals surface area contributed by atoms with Gasteiger partial charge in [-0.05, 0) is 38.3 Å². The molecule has 0 radical (unpaired) electrons. The summed E-state index contributed by atoms with van der Waals surface area (Å²) in [6.45, 7) is 2.85. The van der Waals surface area contributed by atoms with Gasteiger partial charge in [0.05, 0.1) is 12.0 Å². The Hall–Kier alpha value is -1.68. The van der Waals surface area contributed by atoms with Crippen LogP contribution in [0.2, 0.25) is 0 Å². The highest BCUT2D eigenvalue weighted by Gasteiger charge is 2.28. The quantitative estimate of drug-likeness (QED) is 0.832. The van der Waals surface area contributed by atoms with Crippen LogP contribution in [0, 0.1) is 12.8 Å². The van der Waals surface area contributed by atoms with Crippen LogP contribution in [0.3, 0.4) is 0 Å². The van der Waals surface area contributed by atoms with Crippen molar-refractivity contribution in [2.75, 3.05) is 6.54 Å². The van der Waals surface area contributed by atoms with Crippen molar-refractivity contribution in [2.24, 2.45) is 5.92 Å². The fraction of sp³-hybridized carbons (Fsp3) is 0.500. The largest absolute Gasteiger partial charge is 0.481 e. The summed E-state index contributed by atoms with van der Waals surface area (Å²) in [5.41, 5.74) is 2.11. The Morgan fingerprint density at radius 2 is 2.05 bits per heavy atom. The highest BCUT2D eigenvalue weighted by atomic mass is 16.4. The van der Waals surface area contributed by atoms with Gasteiger partial charge in [0.2, 0.25) is 0 Å². The van der Waals surface area contributed by atoms with Crippen LogP contribution in [-0.4, -0.2) is 29.4 Å². The Morgan fingerprint density at radius 3 is 2.60 bits per heavy atom. The van der Waals surface area contributed by atoms with E-state index in [0.29, 0.717) is 6.42 Å². The highest BCUT2D eigenvalue weighted by Crippen LogP contribution is 2.17. The lowest BCUT2D eigenvalue weighted by Gasteiger charge is -2.15. The normalized spacial score (nSPS) is 19.8. The first-order valence-electron chi connectivity index (χ1n) is 7.10. The van der Waals surface area contributed by atoms with Crippen molar-refractivity contribution < 1.29 is 14.7 Å². The van der Waals surface area contributed by atoms with E-state index in [1.54, 1.807) is 0 Å². The van der Waals surface area contributed by atoms with Gasteiger partial charge in [-0.2, -0.15) is 0 Å². The molecule has 1 saturated heterocycles. The monoisotopic (exact) mass is 275 g/mol. The Kier molecular flexibility index (Phi) is 4.90. The number of nitrogens with one attached hydrogen (secondary N) is 1. The van der Waals surface area contributed by atoms with Crippen molar-refractivity contribution >= 4 is 11.8 Å². The minimum atomic E-state index is -0.892. The third kappa shape index (κ3) is 3.90. The molecule has 0 amide bonds. The van der Waals surface area contributed by atoms with Gasteiger partial charge < -0.3 is 10.4 Å². The van der Waals surface area contributed by atoms with Crippen LogP contribution < -0.4 is 5.32 Å². The molecular weight excluding hydrogens is 254 g/mol. The van der Waals surface area contributed by atoms with E-state index in [1.165, 1.54) is 0 Å². The van der Waals surface area contributed by atoms with Crippen molar-refractivity contribution in [3.05, 3.63) is 35.4 Å². The summed E-state index contributed by atoms with van der Waals surface area (Å²) in [5, 5.41) is 12.4. The van der Waals surface area contributed by atoms with Crippen LogP contribution in [0.25, 0.3) is 0 Å². The van der Waals surface area contributed by atoms with E-state index in [1.807, 2.05) is 31.2 Å². The van der Waals surface area contributed by atoms with Crippen molar-refractivity contribution in [3.8, 4) is 0 Å². The fourth-order valence-electron chi connectivity index (χ4n) is 2.60. The van der Waals surface area contributed by atoms with Crippen LogP contribution in [0.15, 0.2) is 24.3 Å². The van der Waals surface area contributed by atoms with Crippen LogP contribution in [0.5, 0.6) is 0 Å². The lowest BCUT2D eigenvalue weighted by atomic mass is 9.91. The van der Waals surface area contributed by atoms with Gasteiger partial charge in [0.25, 0.3) is 0 Å². The van der Waals surface area contributed by atoms with Gasteiger partial charge in [-0.1, -0.05) is 29.8 Å². The van der Waals surface area contributed by atoms with E-state index in [2.05, 4.69) is 5.32 Å². The number of hydrogen-bond donors (Lipinski definition) is 2. The van der Waals surface area contributed by atoms with E-state index < -0.39 is 11.9 Å². The van der Waals surface area contributed by atoms with Crippen molar-refractivity contribution in [2.45, 2.75) is 38.6 Å². The third-order valence-electron chi connectivity index (χ3n) is 3.85.